The van der Waals surface area contributed by atoms with E-state index < -0.39 is 17.7 Å². The smallest absolute Gasteiger partial charge is 0.419 e. The molecule has 0 aliphatic rings. The molecule has 0 radical (unpaired) electrons. The zero-order valence-corrected chi connectivity index (χ0v) is 16.9. The Balaban J connectivity index is 1.71. The van der Waals surface area contributed by atoms with Crippen LogP contribution in [-0.4, -0.2) is 36.0 Å². The highest BCUT2D eigenvalue weighted by molar-refractivity contribution is 6.33. The summed E-state index contributed by atoms with van der Waals surface area (Å²) in [7, 11) is 0. The van der Waals surface area contributed by atoms with Crippen LogP contribution in [-0.2, 0) is 6.18 Å². The van der Waals surface area contributed by atoms with Gasteiger partial charge in [-0.3, -0.25) is 4.98 Å². The number of hydrogen-bond donors (Lipinski definition) is 2. The average molecular weight is 461 g/mol. The minimum absolute atomic E-state index is 0.0250. The Hall–Kier alpha value is -3.86. The SMILES string of the molecule is Cc1cc(Nc2ncc(C(F)(F)F)cn2)c2ccc(-c3ncc(C(=O)O)cc3Cl)nc2n1. The van der Waals surface area contributed by atoms with Crippen LogP contribution in [0.15, 0.2) is 42.9 Å². The second kappa shape index (κ2) is 8.00. The molecule has 0 unspecified atom stereocenters. The number of hydrogen-bond acceptors (Lipinski definition) is 7. The van der Waals surface area contributed by atoms with Crippen LogP contribution in [0.4, 0.5) is 24.8 Å². The molecule has 12 heteroatoms. The molecule has 0 fully saturated rings. The summed E-state index contributed by atoms with van der Waals surface area (Å²) in [6.45, 7) is 1.72. The minimum Gasteiger partial charge on any atom is -0.478 e. The van der Waals surface area contributed by atoms with Gasteiger partial charge >= 0.3 is 12.1 Å². The number of aromatic nitrogens is 5. The largest absolute Gasteiger partial charge is 0.478 e. The van der Waals surface area contributed by atoms with E-state index in [0.29, 0.717) is 40.5 Å². The first-order valence-electron chi connectivity index (χ1n) is 8.95. The maximum atomic E-state index is 12.7. The molecule has 162 valence electrons. The molecule has 4 aromatic heterocycles. The summed E-state index contributed by atoms with van der Waals surface area (Å²) in [6, 6.07) is 6.25. The van der Waals surface area contributed by atoms with Crippen molar-refractivity contribution in [1.29, 1.82) is 0 Å². The number of carboxylic acids is 1. The number of nitrogens with one attached hydrogen (secondary N) is 1. The lowest BCUT2D eigenvalue weighted by Crippen LogP contribution is -2.07. The number of rotatable bonds is 4. The number of pyridine rings is 3. The van der Waals surface area contributed by atoms with Gasteiger partial charge in [-0.15, -0.1) is 0 Å². The molecule has 0 saturated heterocycles. The second-order valence-electron chi connectivity index (χ2n) is 6.66. The summed E-state index contributed by atoms with van der Waals surface area (Å²) in [6.07, 6.45) is -1.97. The monoisotopic (exact) mass is 460 g/mol. The van der Waals surface area contributed by atoms with Crippen LogP contribution in [0.1, 0.15) is 21.6 Å². The van der Waals surface area contributed by atoms with E-state index in [1.807, 2.05) is 0 Å². The van der Waals surface area contributed by atoms with E-state index in [9.17, 15) is 18.0 Å². The number of aromatic carboxylic acids is 1. The number of aryl methyl sites for hydroxylation is 1. The van der Waals surface area contributed by atoms with Crippen molar-refractivity contribution in [2.24, 2.45) is 0 Å². The van der Waals surface area contributed by atoms with E-state index in [1.165, 1.54) is 12.3 Å². The second-order valence-corrected chi connectivity index (χ2v) is 7.06. The lowest BCUT2D eigenvalue weighted by atomic mass is 10.1. The number of carbonyl (C=O) groups is 1. The Morgan fingerprint density at radius 3 is 2.41 bits per heavy atom. The van der Waals surface area contributed by atoms with Gasteiger partial charge < -0.3 is 10.4 Å². The zero-order valence-electron chi connectivity index (χ0n) is 16.1. The van der Waals surface area contributed by atoms with Crippen LogP contribution in [0.5, 0.6) is 0 Å². The van der Waals surface area contributed by atoms with E-state index >= 15 is 0 Å². The lowest BCUT2D eigenvalue weighted by molar-refractivity contribution is -0.138. The van der Waals surface area contributed by atoms with E-state index in [1.54, 1.807) is 25.1 Å². The van der Waals surface area contributed by atoms with E-state index in [-0.39, 0.29) is 22.2 Å². The quantitative estimate of drug-likeness (QED) is 0.442. The summed E-state index contributed by atoms with van der Waals surface area (Å²) in [5.74, 6) is -1.18. The van der Waals surface area contributed by atoms with Crippen molar-refractivity contribution >= 4 is 40.2 Å². The Morgan fingerprint density at radius 1 is 1.06 bits per heavy atom. The molecule has 4 heterocycles. The van der Waals surface area contributed by atoms with E-state index in [4.69, 9.17) is 16.7 Å². The molecule has 0 aromatic carbocycles. The summed E-state index contributed by atoms with van der Waals surface area (Å²) in [5.41, 5.74) is 1.03. The van der Waals surface area contributed by atoms with Crippen molar-refractivity contribution in [2.45, 2.75) is 13.1 Å². The van der Waals surface area contributed by atoms with Crippen molar-refractivity contribution < 1.29 is 23.1 Å². The fourth-order valence-corrected chi connectivity index (χ4v) is 3.13. The molecule has 0 bridgehead atoms. The number of carboxylic acid groups (broad SMARTS) is 1. The number of fused-ring (bicyclic) bond motifs is 1. The summed E-state index contributed by atoms with van der Waals surface area (Å²) >= 11 is 6.18. The van der Waals surface area contributed by atoms with Crippen molar-refractivity contribution in [3.8, 4) is 11.4 Å². The molecule has 2 N–H and O–H groups in total. The Morgan fingerprint density at radius 2 is 1.78 bits per heavy atom. The lowest BCUT2D eigenvalue weighted by Gasteiger charge is -2.11. The predicted octanol–water partition coefficient (Wildman–Crippen LogP) is 4.90. The van der Waals surface area contributed by atoms with Crippen molar-refractivity contribution in [3.63, 3.8) is 0 Å². The molecule has 0 amide bonds. The summed E-state index contributed by atoms with van der Waals surface area (Å²) in [4.78, 5) is 31.4. The standard InChI is InChI=1S/C20H12ClF3N6O2/c1-9-4-15(30-19-26-7-11(8-27-19)20(22,23)24)12-2-3-14(29-17(12)28-9)16-13(21)5-10(6-25-16)18(31)32/h2-8H,1H3,(H,31,32)(H,26,27,28,29,30). The van der Waals surface area contributed by atoms with Gasteiger partial charge in [-0.1, -0.05) is 11.6 Å². The van der Waals surface area contributed by atoms with Crippen LogP contribution in [0.25, 0.3) is 22.4 Å². The van der Waals surface area contributed by atoms with Crippen LogP contribution in [0.2, 0.25) is 5.02 Å². The van der Waals surface area contributed by atoms with Crippen LogP contribution >= 0.6 is 11.6 Å². The number of anilines is 2. The first-order chi connectivity index (χ1) is 15.1. The molecular formula is C20H12ClF3N6O2. The van der Waals surface area contributed by atoms with Gasteiger partial charge in [-0.25, -0.2) is 24.7 Å². The van der Waals surface area contributed by atoms with Crippen LogP contribution in [0, 0.1) is 6.92 Å². The molecule has 0 spiro atoms. The number of halogens is 4. The van der Waals surface area contributed by atoms with Crippen molar-refractivity contribution in [3.05, 3.63) is 64.7 Å². The normalized spacial score (nSPS) is 11.5. The predicted molar refractivity (Wildman–Crippen MR) is 110 cm³/mol. The summed E-state index contributed by atoms with van der Waals surface area (Å²) in [5, 5.41) is 12.6. The van der Waals surface area contributed by atoms with E-state index in [0.717, 1.165) is 0 Å². The zero-order chi connectivity index (χ0) is 23.0. The van der Waals surface area contributed by atoms with Crippen LogP contribution < -0.4 is 5.32 Å². The van der Waals surface area contributed by atoms with Gasteiger partial charge in [0.1, 0.15) is 5.69 Å². The average Bonchev–Trinajstić information content (AvgIpc) is 2.72. The molecule has 0 aliphatic heterocycles. The highest BCUT2D eigenvalue weighted by Crippen LogP contribution is 2.31. The molecule has 0 atom stereocenters. The molecule has 8 nitrogen and oxygen atoms in total. The highest BCUT2D eigenvalue weighted by atomic mass is 35.5. The van der Waals surface area contributed by atoms with Crippen LogP contribution in [0.3, 0.4) is 0 Å². The number of alkyl halides is 3. The molecule has 0 aliphatic carbocycles. The Labute approximate surface area is 183 Å². The third kappa shape index (κ3) is 4.28. The Kier molecular flexibility index (Phi) is 5.35. The first kappa shape index (κ1) is 21.4. The minimum atomic E-state index is -4.53. The molecular weight excluding hydrogens is 449 g/mol. The van der Waals surface area contributed by atoms with Gasteiger partial charge in [0, 0.05) is 29.7 Å². The topological polar surface area (TPSA) is 114 Å². The number of nitrogens with zero attached hydrogens (tertiary/aromatic N) is 5. The van der Waals surface area contributed by atoms with Gasteiger partial charge in [-0.05, 0) is 31.2 Å². The first-order valence-corrected chi connectivity index (χ1v) is 9.33. The van der Waals surface area contributed by atoms with Gasteiger partial charge in [0.05, 0.1) is 27.5 Å². The molecule has 32 heavy (non-hydrogen) atoms. The third-order valence-corrected chi connectivity index (χ3v) is 4.65. The maximum absolute atomic E-state index is 12.7. The highest BCUT2D eigenvalue weighted by Gasteiger charge is 2.31. The summed E-state index contributed by atoms with van der Waals surface area (Å²) < 4.78 is 38.1. The Bertz CT molecular complexity index is 1350. The van der Waals surface area contributed by atoms with Gasteiger partial charge in [0.2, 0.25) is 5.95 Å². The molecule has 4 rings (SSSR count). The van der Waals surface area contributed by atoms with Crippen molar-refractivity contribution in [2.75, 3.05) is 5.32 Å². The molecule has 4 aromatic rings. The maximum Gasteiger partial charge on any atom is 0.419 e. The third-order valence-electron chi connectivity index (χ3n) is 4.36. The van der Waals surface area contributed by atoms with Gasteiger partial charge in [0.15, 0.2) is 5.65 Å². The fraction of sp³-hybridized carbons (Fsp3) is 0.100. The van der Waals surface area contributed by atoms with Gasteiger partial charge in [-0.2, -0.15) is 13.2 Å². The van der Waals surface area contributed by atoms with E-state index in [2.05, 4.69) is 30.2 Å². The van der Waals surface area contributed by atoms with Gasteiger partial charge in [0.25, 0.3) is 0 Å². The molecule has 0 saturated carbocycles. The van der Waals surface area contributed by atoms with Crippen molar-refractivity contribution in [1.82, 2.24) is 24.9 Å². The fourth-order valence-electron chi connectivity index (χ4n) is 2.87.